The minimum atomic E-state index is -4.26. The fraction of sp³-hybridized carbons (Fsp3) is 0.663. The summed E-state index contributed by atoms with van der Waals surface area (Å²) in [5.41, 5.74) is 34.3. The van der Waals surface area contributed by atoms with Gasteiger partial charge in [0.15, 0.2) is 11.6 Å². The summed E-state index contributed by atoms with van der Waals surface area (Å²) in [6.07, 6.45) is 13.4. The number of fused-ring (bicyclic) bond motifs is 3. The van der Waals surface area contributed by atoms with E-state index >= 15 is 0 Å². The zero-order valence-electron chi connectivity index (χ0n) is 78.9. The predicted molar refractivity (Wildman–Crippen MR) is 523 cm³/mol. The number of esters is 3. The van der Waals surface area contributed by atoms with Gasteiger partial charge in [0.1, 0.15) is 27.8 Å². The molecule has 9 aliphatic heterocycles. The molecule has 9 aliphatic rings. The number of nitrogens with two attached hydrogens (primary N) is 5. The first-order valence-corrected chi connectivity index (χ1v) is 48.8. The van der Waals surface area contributed by atoms with Crippen LogP contribution in [0, 0.1) is 11.3 Å². The maximum absolute atomic E-state index is 12.4. The molecule has 17 N–H and O–H groups in total. The number of anilines is 3. The molecule has 6 fully saturated rings. The zero-order chi connectivity index (χ0) is 96.6. The van der Waals surface area contributed by atoms with Gasteiger partial charge in [0, 0.05) is 143 Å². The molecule has 0 radical (unpaired) electrons. The maximum atomic E-state index is 12.4. The van der Waals surface area contributed by atoms with Crippen LogP contribution < -0.4 is 44.6 Å². The van der Waals surface area contributed by atoms with Gasteiger partial charge in [-0.15, -0.1) is 12.4 Å². The van der Waals surface area contributed by atoms with E-state index in [1.54, 1.807) is 65.0 Å². The quantitative estimate of drug-likeness (QED) is 0.0114. The van der Waals surface area contributed by atoms with Crippen LogP contribution in [0.3, 0.4) is 0 Å². The summed E-state index contributed by atoms with van der Waals surface area (Å²) < 4.78 is 70.7. The number of amides is 3. The second-order valence-electron chi connectivity index (χ2n) is 36.4. The molecule has 133 heavy (non-hydrogen) atoms. The molecule has 0 saturated carbocycles. The molecule has 0 aromatic heterocycles. The van der Waals surface area contributed by atoms with Crippen LogP contribution in [0.4, 0.5) is 21.9 Å². The highest BCUT2D eigenvalue weighted by atomic mass is 36.0. The molecule has 4 aromatic rings. The predicted octanol–water partition coefficient (Wildman–Crippen LogP) is 11.0. The average Bonchev–Trinajstić information content (AvgIpc) is 1.69. The number of aliphatic carboxylic acids is 2. The standard InChI is InChI=1S/C17H24N2O2.C16H23N3O2.C14H25NO5.C11H16N2.2C9H17NO3.C8H8O3.C5H9NO3.C4H10Cl2O2S.2CH4.ClH/c1-17(7-10-21-12-17)16(20)18-15-4-3-13-5-8-19(2)9-6-14(13)11-15;1-19-7-4-12-2-3-14(10-13(12)5-8-19)18-15(20)16(17)6-9-21-11-16;1-5-6-8-19-11(16)14(7-9-18-10-14)15-12(17)20-13(2,3)4;1-13-6-4-9-2-3-11(12)8-10(9)5-7-13;2*1-2-3-5-13-8(11)9(10)4-6-12-7-9;9-7(8(10)11)6-4-2-1-3-5-6;6-5(4(7)8)1-2-9-3-5;1-4(2)3-9(5,6,7)8;;;/h3-4,11H,5-10,12H2,1-2H3,(H,18,20);2-3,10H,4-9,11,17H2,1H3,(H,18,20);5-10H2,1-4H3,(H,15,17);2-3,8H,4-7,12H2,1H3;2*2-7,10H2,1H3;1-5,7,9H,(H,10,11);1-3,6H2,(H,7,8);4H,3H2,1-2H3,(H,7,8);2*1H4;1H/t17-;16-;14-;;9-;;7-;;;;;/m100.0.0...../s1. The third-order valence-electron chi connectivity index (χ3n) is 22.7. The van der Waals surface area contributed by atoms with Gasteiger partial charge in [0.2, 0.25) is 11.8 Å². The Morgan fingerprint density at radius 3 is 1.20 bits per heavy atom. The highest BCUT2D eigenvalue weighted by Crippen LogP contribution is 2.35. The van der Waals surface area contributed by atoms with Gasteiger partial charge in [0.05, 0.1) is 70.6 Å². The summed E-state index contributed by atoms with van der Waals surface area (Å²) in [7, 11) is 12.3. The first kappa shape index (κ1) is 122. The molecule has 9 heterocycles. The Morgan fingerprint density at radius 2 is 0.865 bits per heavy atom. The molecule has 6 saturated heterocycles. The summed E-state index contributed by atoms with van der Waals surface area (Å²) in [6, 6.07) is 27.1. The van der Waals surface area contributed by atoms with Crippen LogP contribution in [0.2, 0.25) is 0 Å². The molecule has 2 unspecified atom stereocenters. The van der Waals surface area contributed by atoms with Crippen molar-refractivity contribution in [3.63, 3.8) is 0 Å². The van der Waals surface area contributed by atoms with E-state index in [-0.39, 0.29) is 94.5 Å². The lowest BCUT2D eigenvalue weighted by atomic mass is 9.89. The lowest BCUT2D eigenvalue weighted by Gasteiger charge is -2.28. The molecule has 38 heteroatoms. The highest BCUT2D eigenvalue weighted by Gasteiger charge is 2.47. The van der Waals surface area contributed by atoms with Crippen LogP contribution in [0.5, 0.6) is 0 Å². The number of unbranched alkanes of at least 4 members (excludes halogenated alkanes) is 3. The Morgan fingerprint density at radius 1 is 0.504 bits per heavy atom. The van der Waals surface area contributed by atoms with Crippen molar-refractivity contribution in [3.05, 3.63) is 124 Å². The number of aliphatic hydroxyl groups is 1. The van der Waals surface area contributed by atoms with Crippen molar-refractivity contribution in [3.8, 4) is 0 Å². The van der Waals surface area contributed by atoms with E-state index in [9.17, 15) is 42.6 Å². The topological polar surface area (TPSA) is 503 Å². The first-order valence-electron chi connectivity index (χ1n) is 45.1. The van der Waals surface area contributed by atoms with E-state index in [4.69, 9.17) is 117 Å². The first-order chi connectivity index (χ1) is 61.1. The molecule has 0 bridgehead atoms. The molecular formula is C95H158Cl3N11O23S. The van der Waals surface area contributed by atoms with Crippen molar-refractivity contribution in [2.45, 2.75) is 232 Å². The number of rotatable bonds is 22. The van der Waals surface area contributed by atoms with Crippen molar-refractivity contribution >= 4 is 106 Å². The molecule has 7 atom stereocenters. The van der Waals surface area contributed by atoms with Gasteiger partial charge in [0.25, 0.3) is 0 Å². The Labute approximate surface area is 803 Å². The molecule has 34 nitrogen and oxygen atoms in total. The zero-order valence-corrected chi connectivity index (χ0v) is 82.0. The molecule has 0 aliphatic carbocycles. The summed E-state index contributed by atoms with van der Waals surface area (Å²) >= 11 is 0. The second kappa shape index (κ2) is 58.4. The third-order valence-corrected chi connectivity index (χ3v) is 24.7. The molecule has 13 rings (SSSR count). The highest BCUT2D eigenvalue weighted by molar-refractivity contribution is 8.50. The van der Waals surface area contributed by atoms with Crippen molar-refractivity contribution in [1.29, 1.82) is 0 Å². The van der Waals surface area contributed by atoms with Gasteiger partial charge in [-0.05, 0) is 209 Å². The SMILES string of the molecule is C.C.CC(C)CS(=O)(O)(Cl)Cl.CCCCOC(=O)C1(N)CCOC1.CCCCOC(=O)[C@]1(N)CCOC1.CCCCOC(=O)[C@]1(NC(=O)OC(C)(C)C)CCOC1.CN1CCc2ccc(N)cc2CC1.CN1CCc2ccc(NC(=O)[C@]3(C)CCOC3)cc2CC1.CN1CCc2ccc(NC(=O)[C@]3(N)CCOC3)cc2CC1.Cl.NC1(C(=O)O)CCOC1.O=C(O)[C@@H](O)c1ccccc1. The number of carboxylic acids is 2. The number of likely N-dealkylation sites (N-methyl/N-ethyl adjacent to an activating group) is 3. The number of carbonyl (C=O) groups excluding carboxylic acids is 6. The van der Waals surface area contributed by atoms with E-state index in [1.165, 1.54) is 33.4 Å². The van der Waals surface area contributed by atoms with E-state index < -0.39 is 71.2 Å². The Hall–Kier alpha value is -7.34. The number of alkyl carbamates (subject to hydrolysis) is 1. The minimum absolute atomic E-state index is 0. The third kappa shape index (κ3) is 43.9. The van der Waals surface area contributed by atoms with Gasteiger partial charge < -0.3 is 122 Å². The van der Waals surface area contributed by atoms with Crippen LogP contribution >= 0.6 is 33.8 Å². The van der Waals surface area contributed by atoms with Gasteiger partial charge in [-0.1, -0.05) is 117 Å². The molecular weight excluding hydrogens is 1800 g/mol. The second-order valence-corrected chi connectivity index (χ2v) is 42.7. The van der Waals surface area contributed by atoms with Crippen LogP contribution in [0.15, 0.2) is 84.9 Å². The van der Waals surface area contributed by atoms with E-state index in [2.05, 4.69) is 88.2 Å². The summed E-state index contributed by atoms with van der Waals surface area (Å²) in [6.45, 7) is 29.7. The van der Waals surface area contributed by atoms with Gasteiger partial charge in [-0.3, -0.25) is 18.9 Å². The van der Waals surface area contributed by atoms with Crippen LogP contribution in [0.1, 0.15) is 199 Å². The summed E-state index contributed by atoms with van der Waals surface area (Å²) in [4.78, 5) is 99.2. The van der Waals surface area contributed by atoms with Crippen LogP contribution in [-0.4, -0.2) is 285 Å². The minimum Gasteiger partial charge on any atom is -0.480 e. The number of carboxylic acid groups (broad SMARTS) is 2. The van der Waals surface area contributed by atoms with Gasteiger partial charge in [-0.25, -0.2) is 24.0 Å². The fourth-order valence-corrected chi connectivity index (χ4v) is 16.7. The van der Waals surface area contributed by atoms with Crippen molar-refractivity contribution in [2.75, 3.05) is 182 Å². The van der Waals surface area contributed by atoms with Crippen molar-refractivity contribution < 1.29 is 110 Å². The van der Waals surface area contributed by atoms with Crippen LogP contribution in [0.25, 0.3) is 0 Å². The number of aliphatic hydroxyl groups excluding tert-OH is 1. The van der Waals surface area contributed by atoms with Crippen molar-refractivity contribution in [1.82, 2.24) is 20.0 Å². The number of hydrogen-bond acceptors (Lipinski definition) is 28. The Balaban J connectivity index is 0.000000513. The average molecular weight is 1960 g/mol. The lowest BCUT2D eigenvalue weighted by molar-refractivity contribution is -0.152. The number of benzene rings is 4. The molecule has 758 valence electrons. The van der Waals surface area contributed by atoms with E-state index in [0.29, 0.717) is 110 Å². The molecule has 0 spiro atoms. The van der Waals surface area contributed by atoms with Crippen molar-refractivity contribution in [2.24, 2.45) is 34.3 Å². The summed E-state index contributed by atoms with van der Waals surface area (Å²) in [5.74, 6) is -3.40. The normalized spacial score (nSPS) is 23.3. The summed E-state index contributed by atoms with van der Waals surface area (Å²) in [5, 5.41) is 34.5. The monoisotopic (exact) mass is 1960 g/mol. The number of nitrogen functional groups attached to an aromatic ring is 1. The number of hydrogen-bond donors (Lipinski definition) is 12. The smallest absolute Gasteiger partial charge is 0.408 e. The number of nitrogens with zero attached hydrogens (tertiary/aromatic N) is 3. The molecule has 3 amide bonds. The van der Waals surface area contributed by atoms with Crippen LogP contribution in [-0.2, 0) is 127 Å². The van der Waals surface area contributed by atoms with Gasteiger partial charge in [-0.2, -0.15) is 4.21 Å². The van der Waals surface area contributed by atoms with Gasteiger partial charge >= 0.3 is 35.9 Å². The number of ether oxygens (including phenoxy) is 10. The number of carbonyl (C=O) groups is 8. The Kier molecular flexibility index (Phi) is 53.5. The number of nitrogens with one attached hydrogen (secondary N) is 3. The van der Waals surface area contributed by atoms with E-state index in [0.717, 1.165) is 140 Å². The molecule has 4 aromatic carbocycles. The maximum Gasteiger partial charge on any atom is 0.408 e. The lowest BCUT2D eigenvalue weighted by Crippen LogP contribution is -2.56. The Bertz CT molecular complexity index is 4110. The largest absolute Gasteiger partial charge is 0.480 e. The number of halogens is 3. The van der Waals surface area contributed by atoms with E-state index in [1.807, 2.05) is 45.9 Å². The fourth-order valence-electron chi connectivity index (χ4n) is 14.1.